The molecule has 2 unspecified atom stereocenters. The first kappa shape index (κ1) is 32.5. The van der Waals surface area contributed by atoms with Gasteiger partial charge in [0.25, 0.3) is 0 Å². The van der Waals surface area contributed by atoms with E-state index in [0.717, 1.165) is 31.3 Å². The van der Waals surface area contributed by atoms with Gasteiger partial charge in [-0.25, -0.2) is 9.80 Å². The van der Waals surface area contributed by atoms with Gasteiger partial charge >= 0.3 is 11.9 Å². The highest BCUT2D eigenvalue weighted by Crippen LogP contribution is 2.33. The summed E-state index contributed by atoms with van der Waals surface area (Å²) in [5, 5.41) is 3.23. The molecule has 4 amide bonds. The monoisotopic (exact) mass is 650 g/mol. The van der Waals surface area contributed by atoms with Crippen LogP contribution in [0.25, 0.3) is 21.5 Å². The first-order valence-electron chi connectivity index (χ1n) is 15.5. The van der Waals surface area contributed by atoms with E-state index in [1.807, 2.05) is 60.7 Å². The Balaban J connectivity index is 1.13. The molecule has 0 aromatic heterocycles. The summed E-state index contributed by atoms with van der Waals surface area (Å²) >= 11 is 0. The summed E-state index contributed by atoms with van der Waals surface area (Å²) in [6, 6.07) is 25.6. The van der Waals surface area contributed by atoms with Crippen LogP contribution in [0.15, 0.2) is 84.9 Å². The minimum absolute atomic E-state index is 0.133. The topological polar surface area (TPSA) is 134 Å². The van der Waals surface area contributed by atoms with Gasteiger partial charge in [0.15, 0.2) is 0 Å². The van der Waals surface area contributed by atoms with Gasteiger partial charge in [-0.3, -0.25) is 38.6 Å². The molecule has 2 fully saturated rings. The third-order valence-corrected chi connectivity index (χ3v) is 8.45. The van der Waals surface area contributed by atoms with E-state index in [0.29, 0.717) is 11.1 Å². The van der Waals surface area contributed by atoms with Crippen LogP contribution in [0.3, 0.4) is 0 Å². The maximum absolute atomic E-state index is 13.4. The lowest BCUT2D eigenvalue weighted by atomic mass is 10.0. The van der Waals surface area contributed by atoms with Gasteiger partial charge in [-0.05, 0) is 21.5 Å². The molecule has 2 atom stereocenters. The van der Waals surface area contributed by atoms with Crippen molar-refractivity contribution in [1.29, 1.82) is 0 Å². The number of amides is 4. The quantitative estimate of drug-likeness (QED) is 0.197. The van der Waals surface area contributed by atoms with Gasteiger partial charge < -0.3 is 9.47 Å². The first-order chi connectivity index (χ1) is 23.1. The van der Waals surface area contributed by atoms with Crippen LogP contribution >= 0.6 is 0 Å². The number of hydrogen-bond acceptors (Lipinski definition) is 10. The molecular weight excluding hydrogens is 616 g/mol. The number of fused-ring (bicyclic) bond motifs is 2. The van der Waals surface area contributed by atoms with Crippen LogP contribution < -0.4 is 0 Å². The van der Waals surface area contributed by atoms with Crippen LogP contribution in [0.1, 0.15) is 37.4 Å². The van der Waals surface area contributed by atoms with E-state index < -0.39 is 48.0 Å². The molecule has 0 bridgehead atoms. The highest BCUT2D eigenvalue weighted by Gasteiger charge is 2.41. The molecule has 12 nitrogen and oxygen atoms in total. The van der Waals surface area contributed by atoms with E-state index in [-0.39, 0.29) is 39.3 Å². The first-order valence-corrected chi connectivity index (χ1v) is 15.5. The van der Waals surface area contributed by atoms with Crippen molar-refractivity contribution in [2.45, 2.75) is 26.3 Å². The molecule has 2 heterocycles. The number of benzene rings is 4. The number of ether oxygens (including phenoxy) is 2. The van der Waals surface area contributed by atoms with Crippen LogP contribution in [0.4, 0.5) is 0 Å². The Morgan fingerprint density at radius 1 is 0.542 bits per heavy atom. The maximum atomic E-state index is 13.4. The molecule has 0 aliphatic carbocycles. The van der Waals surface area contributed by atoms with Crippen molar-refractivity contribution in [3.63, 3.8) is 0 Å². The Kier molecular flexibility index (Phi) is 9.28. The summed E-state index contributed by atoms with van der Waals surface area (Å²) < 4.78 is 11.1. The van der Waals surface area contributed by atoms with Gasteiger partial charge in [-0.2, -0.15) is 0 Å². The number of carbonyl (C=O) groups excluding carboxylic acids is 6. The molecule has 6 rings (SSSR count). The summed E-state index contributed by atoms with van der Waals surface area (Å²) in [5.74, 6) is -3.44. The van der Waals surface area contributed by atoms with Crippen LogP contribution in [-0.4, -0.2) is 94.4 Å². The predicted molar refractivity (Wildman–Crippen MR) is 173 cm³/mol. The Labute approximate surface area is 276 Å². The molecule has 12 heteroatoms. The number of piperazine rings is 2. The van der Waals surface area contributed by atoms with Crippen LogP contribution in [0.5, 0.6) is 0 Å². The largest absolute Gasteiger partial charge is 0.437 e. The zero-order valence-corrected chi connectivity index (χ0v) is 26.5. The average Bonchev–Trinajstić information content (AvgIpc) is 3.05. The standard InChI is InChI=1S/C36H34N4O8/c1-23(41)47-35(29-15-7-11-25-9-3-5-13-27(25)29)39-31(43)19-37(20-32(39)44)17-18-38-21-33(45)40(34(46)22-38)36(48-24(2)42)30-16-8-12-26-10-4-6-14-28(26)30/h3-16,35-36H,17-22H2,1-2H3. The summed E-state index contributed by atoms with van der Waals surface area (Å²) in [6.45, 7) is 2.35. The smallest absolute Gasteiger partial charge is 0.304 e. The summed E-state index contributed by atoms with van der Waals surface area (Å²) in [6.07, 6.45) is -2.46. The van der Waals surface area contributed by atoms with Crippen LogP contribution in [0.2, 0.25) is 0 Å². The number of hydrogen-bond donors (Lipinski definition) is 0. The van der Waals surface area contributed by atoms with E-state index in [2.05, 4.69) is 0 Å². The summed E-state index contributed by atoms with van der Waals surface area (Å²) in [4.78, 5) is 83.2. The second-order valence-electron chi connectivity index (χ2n) is 11.8. The highest BCUT2D eigenvalue weighted by atomic mass is 16.6. The molecular formula is C36H34N4O8. The third kappa shape index (κ3) is 6.66. The lowest BCUT2D eigenvalue weighted by molar-refractivity contribution is -0.178. The Morgan fingerprint density at radius 3 is 1.23 bits per heavy atom. The minimum atomic E-state index is -1.23. The van der Waals surface area contributed by atoms with Crippen LogP contribution in [0, 0.1) is 0 Å². The average molecular weight is 651 g/mol. The van der Waals surface area contributed by atoms with Crippen molar-refractivity contribution in [2.75, 3.05) is 39.3 Å². The number of rotatable bonds is 9. The van der Waals surface area contributed by atoms with E-state index in [4.69, 9.17) is 9.47 Å². The zero-order valence-electron chi connectivity index (χ0n) is 26.5. The molecule has 0 radical (unpaired) electrons. The van der Waals surface area contributed by atoms with Gasteiger partial charge in [0.2, 0.25) is 36.1 Å². The van der Waals surface area contributed by atoms with Gasteiger partial charge in [0, 0.05) is 38.1 Å². The highest BCUT2D eigenvalue weighted by molar-refractivity contribution is 6.01. The second kappa shape index (κ2) is 13.7. The Morgan fingerprint density at radius 2 is 0.875 bits per heavy atom. The van der Waals surface area contributed by atoms with E-state index in [9.17, 15) is 28.8 Å². The van der Waals surface area contributed by atoms with Crippen molar-refractivity contribution < 1.29 is 38.2 Å². The lowest BCUT2D eigenvalue weighted by Crippen LogP contribution is -2.59. The SMILES string of the molecule is CC(=O)OC(c1cccc2ccccc12)N1C(=O)CN(CCN2CC(=O)N(C(OC(C)=O)c3cccc4ccccc34)C(=O)C2)CC1=O. The van der Waals surface area contributed by atoms with Crippen molar-refractivity contribution in [3.05, 3.63) is 96.1 Å². The molecule has 0 N–H and O–H groups in total. The number of carbonyl (C=O) groups is 6. The zero-order chi connectivity index (χ0) is 33.9. The molecule has 2 aliphatic rings. The van der Waals surface area contributed by atoms with E-state index in [1.54, 1.807) is 34.1 Å². The fraction of sp³-hybridized carbons (Fsp3) is 0.278. The third-order valence-electron chi connectivity index (χ3n) is 8.45. The van der Waals surface area contributed by atoms with Crippen molar-refractivity contribution >= 4 is 57.1 Å². The molecule has 4 aromatic rings. The fourth-order valence-corrected chi connectivity index (χ4v) is 6.34. The van der Waals surface area contributed by atoms with E-state index >= 15 is 0 Å². The summed E-state index contributed by atoms with van der Waals surface area (Å²) in [7, 11) is 0. The van der Waals surface area contributed by atoms with Gasteiger partial charge in [0.1, 0.15) is 0 Å². The van der Waals surface area contributed by atoms with Gasteiger partial charge in [-0.1, -0.05) is 84.9 Å². The molecule has 48 heavy (non-hydrogen) atoms. The molecule has 0 spiro atoms. The molecule has 2 aliphatic heterocycles. The van der Waals surface area contributed by atoms with Crippen molar-refractivity contribution in [1.82, 2.24) is 19.6 Å². The fourth-order valence-electron chi connectivity index (χ4n) is 6.34. The lowest BCUT2D eigenvalue weighted by Gasteiger charge is -2.39. The number of imide groups is 2. The molecule has 2 saturated heterocycles. The Bertz CT molecular complexity index is 1760. The van der Waals surface area contributed by atoms with Gasteiger partial charge in [-0.15, -0.1) is 0 Å². The molecule has 0 saturated carbocycles. The Hall–Kier alpha value is -5.46. The predicted octanol–water partition coefficient (Wildman–Crippen LogP) is 3.16. The van der Waals surface area contributed by atoms with Crippen molar-refractivity contribution in [3.8, 4) is 0 Å². The van der Waals surface area contributed by atoms with Crippen LogP contribution in [-0.2, 0) is 38.2 Å². The number of nitrogens with zero attached hydrogens (tertiary/aromatic N) is 4. The maximum Gasteiger partial charge on any atom is 0.304 e. The normalized spacial score (nSPS) is 17.5. The summed E-state index contributed by atoms with van der Waals surface area (Å²) in [5.41, 5.74) is 1.04. The minimum Gasteiger partial charge on any atom is -0.437 e. The van der Waals surface area contributed by atoms with Gasteiger partial charge in [0.05, 0.1) is 26.2 Å². The molecule has 246 valence electrons. The van der Waals surface area contributed by atoms with Crippen molar-refractivity contribution in [2.24, 2.45) is 0 Å². The second-order valence-corrected chi connectivity index (χ2v) is 11.8. The number of esters is 2. The van der Waals surface area contributed by atoms with E-state index in [1.165, 1.54) is 13.8 Å². The molecule has 4 aromatic carbocycles.